The Labute approximate surface area is 104 Å². The van der Waals surface area contributed by atoms with Gasteiger partial charge in [-0.1, -0.05) is 12.1 Å². The van der Waals surface area contributed by atoms with Gasteiger partial charge in [-0.05, 0) is 58.1 Å². The minimum absolute atomic E-state index is 0.309. The second kappa shape index (κ2) is 4.36. The van der Waals surface area contributed by atoms with Gasteiger partial charge in [0.15, 0.2) is 0 Å². The van der Waals surface area contributed by atoms with Gasteiger partial charge in [-0.3, -0.25) is 14.9 Å². The van der Waals surface area contributed by atoms with Crippen molar-refractivity contribution >= 4 is 51.6 Å². The lowest BCUT2D eigenvalue weighted by Crippen LogP contribution is -2.17. The monoisotopic (exact) mass is 331 g/mol. The van der Waals surface area contributed by atoms with Crippen LogP contribution in [0.4, 0.5) is 4.79 Å². The highest BCUT2D eigenvalue weighted by atomic mass is 127. The van der Waals surface area contributed by atoms with Crippen molar-refractivity contribution in [2.75, 3.05) is 0 Å². The molecule has 1 aliphatic heterocycles. The van der Waals surface area contributed by atoms with E-state index in [1.54, 1.807) is 6.08 Å². The van der Waals surface area contributed by atoms with E-state index in [9.17, 15) is 9.59 Å². The normalized spacial score (nSPS) is 18.3. The first-order valence-electron chi connectivity index (χ1n) is 4.15. The lowest BCUT2D eigenvalue weighted by molar-refractivity contribution is -0.115. The van der Waals surface area contributed by atoms with E-state index in [0.29, 0.717) is 4.91 Å². The van der Waals surface area contributed by atoms with E-state index in [1.165, 1.54) is 0 Å². The number of hydrogen-bond donors (Lipinski definition) is 1. The number of halogens is 1. The number of thioether (sulfide) groups is 1. The van der Waals surface area contributed by atoms with Crippen LogP contribution in [0.2, 0.25) is 0 Å². The van der Waals surface area contributed by atoms with Gasteiger partial charge in [0.05, 0.1) is 4.91 Å². The SMILES string of the molecule is O=C1NC(=O)/C(=C\c2ccc(I)cc2)S1. The van der Waals surface area contributed by atoms with E-state index in [1.807, 2.05) is 24.3 Å². The average molecular weight is 331 g/mol. The fourth-order valence-electron chi connectivity index (χ4n) is 1.13. The van der Waals surface area contributed by atoms with Gasteiger partial charge >= 0.3 is 0 Å². The average Bonchev–Trinajstić information content (AvgIpc) is 2.49. The summed E-state index contributed by atoms with van der Waals surface area (Å²) in [6, 6.07) is 7.72. The highest BCUT2D eigenvalue weighted by Crippen LogP contribution is 2.25. The molecule has 0 aromatic heterocycles. The van der Waals surface area contributed by atoms with E-state index in [2.05, 4.69) is 27.9 Å². The maximum Gasteiger partial charge on any atom is 0.290 e. The molecule has 2 amide bonds. The van der Waals surface area contributed by atoms with Gasteiger partial charge < -0.3 is 0 Å². The number of rotatable bonds is 1. The third-order valence-corrected chi connectivity index (χ3v) is 3.34. The zero-order chi connectivity index (χ0) is 10.8. The molecule has 0 atom stereocenters. The summed E-state index contributed by atoms with van der Waals surface area (Å²) in [5.74, 6) is -0.316. The van der Waals surface area contributed by atoms with Crippen LogP contribution in [-0.4, -0.2) is 11.1 Å². The molecule has 1 saturated heterocycles. The molecule has 0 aliphatic carbocycles. The first-order chi connectivity index (χ1) is 7.15. The Balaban J connectivity index is 2.27. The predicted molar refractivity (Wildman–Crippen MR) is 68.3 cm³/mol. The van der Waals surface area contributed by atoms with E-state index in [-0.39, 0.29) is 11.1 Å². The molecule has 1 aliphatic rings. The van der Waals surface area contributed by atoms with Gasteiger partial charge in [-0.25, -0.2) is 0 Å². The number of amides is 2. The third kappa shape index (κ3) is 2.60. The molecule has 1 aromatic rings. The Hall–Kier alpha value is -0.820. The fourth-order valence-corrected chi connectivity index (χ4v) is 2.17. The lowest BCUT2D eigenvalue weighted by atomic mass is 10.2. The highest BCUT2D eigenvalue weighted by molar-refractivity contribution is 14.1. The van der Waals surface area contributed by atoms with E-state index < -0.39 is 0 Å². The number of hydrogen-bond acceptors (Lipinski definition) is 3. The Kier molecular flexibility index (Phi) is 3.11. The molecule has 1 aromatic carbocycles. The van der Waals surface area contributed by atoms with Crippen molar-refractivity contribution in [3.8, 4) is 0 Å². The molecule has 0 saturated carbocycles. The minimum Gasteiger partial charge on any atom is -0.282 e. The number of benzene rings is 1. The van der Waals surface area contributed by atoms with Gasteiger partial charge in [0, 0.05) is 3.57 Å². The molecular formula is C10H6INO2S. The summed E-state index contributed by atoms with van der Waals surface area (Å²) < 4.78 is 1.13. The Morgan fingerprint density at radius 3 is 2.40 bits per heavy atom. The Bertz CT molecular complexity index is 453. The van der Waals surface area contributed by atoms with Crippen LogP contribution < -0.4 is 5.32 Å². The summed E-state index contributed by atoms with van der Waals surface area (Å²) in [7, 11) is 0. The number of carbonyl (C=O) groups is 2. The van der Waals surface area contributed by atoms with Crippen molar-refractivity contribution in [3.05, 3.63) is 38.3 Å². The van der Waals surface area contributed by atoms with E-state index in [4.69, 9.17) is 0 Å². The van der Waals surface area contributed by atoms with Crippen LogP contribution in [0.3, 0.4) is 0 Å². The van der Waals surface area contributed by atoms with Crippen LogP contribution in [0.15, 0.2) is 29.2 Å². The standard InChI is InChI=1S/C10H6INO2S/c11-7-3-1-6(2-4-7)5-8-9(13)12-10(14)15-8/h1-5H,(H,12,13,14)/b8-5+. The molecule has 5 heteroatoms. The number of imide groups is 1. The van der Waals surface area contributed by atoms with Crippen molar-refractivity contribution in [2.24, 2.45) is 0 Å². The summed E-state index contributed by atoms with van der Waals surface area (Å²) in [6.45, 7) is 0. The van der Waals surface area contributed by atoms with E-state index >= 15 is 0 Å². The van der Waals surface area contributed by atoms with Crippen LogP contribution in [-0.2, 0) is 4.79 Å². The largest absolute Gasteiger partial charge is 0.290 e. The van der Waals surface area contributed by atoms with Gasteiger partial charge in [0.2, 0.25) is 0 Å². The summed E-state index contributed by atoms with van der Waals surface area (Å²) in [5.41, 5.74) is 0.919. The quantitative estimate of drug-likeness (QED) is 0.636. The second-order valence-corrected chi connectivity index (χ2v) is 5.16. The van der Waals surface area contributed by atoms with Crippen molar-refractivity contribution in [3.63, 3.8) is 0 Å². The highest BCUT2D eigenvalue weighted by Gasteiger charge is 2.24. The fraction of sp³-hybridized carbons (Fsp3) is 0. The van der Waals surface area contributed by atoms with Crippen molar-refractivity contribution in [1.82, 2.24) is 5.32 Å². The molecular weight excluding hydrogens is 325 g/mol. The molecule has 2 rings (SSSR count). The third-order valence-electron chi connectivity index (χ3n) is 1.81. The van der Waals surface area contributed by atoms with Gasteiger partial charge in [0.1, 0.15) is 0 Å². The van der Waals surface area contributed by atoms with Crippen LogP contribution >= 0.6 is 34.4 Å². The number of nitrogens with one attached hydrogen (secondary N) is 1. The summed E-state index contributed by atoms with van der Waals surface area (Å²) in [4.78, 5) is 22.6. The van der Waals surface area contributed by atoms with Gasteiger partial charge in [0.25, 0.3) is 11.1 Å². The number of carbonyl (C=O) groups excluding carboxylic acids is 2. The zero-order valence-electron chi connectivity index (χ0n) is 7.49. The topological polar surface area (TPSA) is 46.2 Å². The molecule has 76 valence electrons. The maximum absolute atomic E-state index is 11.2. The summed E-state index contributed by atoms with van der Waals surface area (Å²) in [6.07, 6.45) is 1.71. The Morgan fingerprint density at radius 2 is 1.87 bits per heavy atom. The second-order valence-electron chi connectivity index (χ2n) is 2.90. The van der Waals surface area contributed by atoms with Gasteiger partial charge in [-0.2, -0.15) is 0 Å². The van der Waals surface area contributed by atoms with Crippen LogP contribution in [0.1, 0.15) is 5.56 Å². The molecule has 0 spiro atoms. The minimum atomic E-state index is -0.316. The van der Waals surface area contributed by atoms with Crippen LogP contribution in [0.25, 0.3) is 6.08 Å². The van der Waals surface area contributed by atoms with Crippen molar-refractivity contribution in [1.29, 1.82) is 0 Å². The van der Waals surface area contributed by atoms with E-state index in [0.717, 1.165) is 20.9 Å². The summed E-state index contributed by atoms with van der Waals surface area (Å²) >= 11 is 3.14. The zero-order valence-corrected chi connectivity index (χ0v) is 10.5. The van der Waals surface area contributed by atoms with Crippen molar-refractivity contribution in [2.45, 2.75) is 0 Å². The van der Waals surface area contributed by atoms with Crippen LogP contribution in [0, 0.1) is 3.57 Å². The predicted octanol–water partition coefficient (Wildman–Crippen LogP) is 2.62. The first kappa shape index (κ1) is 10.7. The lowest BCUT2D eigenvalue weighted by Gasteiger charge is -1.94. The maximum atomic E-state index is 11.2. The molecule has 0 bridgehead atoms. The van der Waals surface area contributed by atoms with Gasteiger partial charge in [-0.15, -0.1) is 0 Å². The molecule has 1 N–H and O–H groups in total. The molecule has 0 unspecified atom stereocenters. The molecule has 1 fully saturated rings. The molecule has 0 radical (unpaired) electrons. The Morgan fingerprint density at radius 1 is 1.20 bits per heavy atom. The van der Waals surface area contributed by atoms with Crippen LogP contribution in [0.5, 0.6) is 0 Å². The molecule has 15 heavy (non-hydrogen) atoms. The first-order valence-corrected chi connectivity index (χ1v) is 6.05. The smallest absolute Gasteiger partial charge is 0.282 e. The molecule has 3 nitrogen and oxygen atoms in total. The van der Waals surface area contributed by atoms with Crippen molar-refractivity contribution < 1.29 is 9.59 Å². The molecule has 1 heterocycles. The summed E-state index contributed by atoms with van der Waals surface area (Å²) in [5, 5.41) is 1.91.